The van der Waals surface area contributed by atoms with Gasteiger partial charge in [0.05, 0.1) is 18.8 Å². The quantitative estimate of drug-likeness (QED) is 0.755. The first-order valence-electron chi connectivity index (χ1n) is 7.99. The van der Waals surface area contributed by atoms with E-state index in [2.05, 4.69) is 32.9 Å². The zero-order chi connectivity index (χ0) is 15.1. The molecule has 3 heteroatoms. The number of benzene rings is 1. The van der Waals surface area contributed by atoms with Gasteiger partial charge in [-0.2, -0.15) is 0 Å². The maximum atomic E-state index is 6.14. The lowest BCUT2D eigenvalue weighted by molar-refractivity contribution is -0.231. The highest BCUT2D eigenvalue weighted by Gasteiger charge is 2.31. The van der Waals surface area contributed by atoms with Gasteiger partial charge in [-0.05, 0) is 38.7 Å². The van der Waals surface area contributed by atoms with Gasteiger partial charge in [-0.1, -0.05) is 37.3 Å². The second-order valence-corrected chi connectivity index (χ2v) is 6.42. The minimum atomic E-state index is -0.237. The molecule has 0 bridgehead atoms. The molecule has 1 unspecified atom stereocenters. The van der Waals surface area contributed by atoms with E-state index in [1.807, 2.05) is 18.2 Å². The van der Waals surface area contributed by atoms with Gasteiger partial charge < -0.3 is 14.2 Å². The Morgan fingerprint density at radius 1 is 1.24 bits per heavy atom. The Kier molecular flexibility index (Phi) is 6.22. The fourth-order valence-electron chi connectivity index (χ4n) is 2.39. The van der Waals surface area contributed by atoms with Crippen molar-refractivity contribution in [2.75, 3.05) is 13.2 Å². The van der Waals surface area contributed by atoms with Gasteiger partial charge in [-0.15, -0.1) is 0 Å². The van der Waals surface area contributed by atoms with E-state index in [0.717, 1.165) is 19.4 Å². The van der Waals surface area contributed by atoms with Crippen LogP contribution >= 0.6 is 0 Å². The van der Waals surface area contributed by atoms with Crippen molar-refractivity contribution >= 4 is 0 Å². The van der Waals surface area contributed by atoms with Crippen LogP contribution in [0.3, 0.4) is 0 Å². The normalized spacial score (nSPS) is 21.2. The molecule has 1 aromatic rings. The fraction of sp³-hybridized carbons (Fsp3) is 0.667. The van der Waals surface area contributed by atoms with E-state index >= 15 is 0 Å². The molecule has 1 aliphatic rings. The molecule has 0 spiro atoms. The number of rotatable bonds is 7. The summed E-state index contributed by atoms with van der Waals surface area (Å²) in [6.07, 6.45) is 3.29. The lowest BCUT2D eigenvalue weighted by Gasteiger charge is -2.36. The maximum absolute atomic E-state index is 6.14. The van der Waals surface area contributed by atoms with Gasteiger partial charge >= 0.3 is 0 Å². The Bertz CT molecular complexity index is 396. The topological polar surface area (TPSA) is 27.7 Å². The highest BCUT2D eigenvalue weighted by molar-refractivity contribution is 5.13. The molecular formula is C18H28O3. The molecule has 1 heterocycles. The van der Waals surface area contributed by atoms with Crippen LogP contribution in [0.1, 0.15) is 45.6 Å². The third kappa shape index (κ3) is 5.42. The SMILES string of the molecule is C[C@@H](COCc1ccccc1)C(C)(C)OC1CCCCO1. The average molecular weight is 292 g/mol. The summed E-state index contributed by atoms with van der Waals surface area (Å²) in [6.45, 7) is 8.59. The lowest BCUT2D eigenvalue weighted by Crippen LogP contribution is -2.40. The predicted octanol–water partition coefficient (Wildman–Crippen LogP) is 4.16. The van der Waals surface area contributed by atoms with Gasteiger partial charge in [0.2, 0.25) is 0 Å². The van der Waals surface area contributed by atoms with Crippen LogP contribution in [0.5, 0.6) is 0 Å². The second-order valence-electron chi connectivity index (χ2n) is 6.42. The van der Waals surface area contributed by atoms with E-state index in [0.29, 0.717) is 19.1 Å². The number of ether oxygens (including phenoxy) is 3. The lowest BCUT2D eigenvalue weighted by atomic mass is 9.93. The van der Waals surface area contributed by atoms with Gasteiger partial charge in [0, 0.05) is 12.5 Å². The summed E-state index contributed by atoms with van der Waals surface area (Å²) in [5.74, 6) is 0.312. The van der Waals surface area contributed by atoms with Crippen molar-refractivity contribution in [3.63, 3.8) is 0 Å². The van der Waals surface area contributed by atoms with Crippen molar-refractivity contribution in [2.24, 2.45) is 5.92 Å². The van der Waals surface area contributed by atoms with Crippen molar-refractivity contribution in [3.05, 3.63) is 35.9 Å². The monoisotopic (exact) mass is 292 g/mol. The summed E-state index contributed by atoms with van der Waals surface area (Å²) in [6, 6.07) is 10.3. The van der Waals surface area contributed by atoms with Crippen LogP contribution in [0.25, 0.3) is 0 Å². The molecule has 0 amide bonds. The van der Waals surface area contributed by atoms with Gasteiger partial charge in [-0.25, -0.2) is 0 Å². The predicted molar refractivity (Wildman–Crippen MR) is 84.0 cm³/mol. The van der Waals surface area contributed by atoms with E-state index < -0.39 is 0 Å². The maximum Gasteiger partial charge on any atom is 0.158 e. The first-order valence-corrected chi connectivity index (χ1v) is 7.99. The van der Waals surface area contributed by atoms with Gasteiger partial charge in [0.15, 0.2) is 6.29 Å². The van der Waals surface area contributed by atoms with Crippen molar-refractivity contribution < 1.29 is 14.2 Å². The molecule has 1 fully saturated rings. The molecule has 0 aliphatic carbocycles. The Labute approximate surface area is 128 Å². The standard InChI is InChI=1S/C18H28O3/c1-15(13-19-14-16-9-5-4-6-10-16)18(2,3)21-17-11-7-8-12-20-17/h4-6,9-10,15,17H,7-8,11-14H2,1-3H3/t15-,17?/m0/s1. The molecule has 0 N–H and O–H groups in total. The largest absolute Gasteiger partial charge is 0.376 e. The van der Waals surface area contributed by atoms with Gasteiger partial charge in [0.1, 0.15) is 0 Å². The van der Waals surface area contributed by atoms with Crippen LogP contribution in [0, 0.1) is 5.92 Å². The van der Waals surface area contributed by atoms with E-state index in [1.54, 1.807) is 0 Å². The molecule has 0 aromatic heterocycles. The number of hydrogen-bond donors (Lipinski definition) is 0. The summed E-state index contributed by atoms with van der Waals surface area (Å²) in [5.41, 5.74) is 0.970. The zero-order valence-electron chi connectivity index (χ0n) is 13.5. The highest BCUT2D eigenvalue weighted by Crippen LogP contribution is 2.27. The van der Waals surface area contributed by atoms with E-state index in [1.165, 1.54) is 12.0 Å². The first-order chi connectivity index (χ1) is 10.1. The Hall–Kier alpha value is -0.900. The minimum absolute atomic E-state index is 0.0506. The molecule has 0 radical (unpaired) electrons. The molecule has 3 nitrogen and oxygen atoms in total. The Balaban J connectivity index is 1.73. The van der Waals surface area contributed by atoms with Crippen molar-refractivity contribution in [1.29, 1.82) is 0 Å². The van der Waals surface area contributed by atoms with Crippen LogP contribution in [-0.2, 0) is 20.8 Å². The van der Waals surface area contributed by atoms with Crippen LogP contribution in [-0.4, -0.2) is 25.1 Å². The van der Waals surface area contributed by atoms with Crippen molar-refractivity contribution in [2.45, 2.75) is 58.5 Å². The fourth-order valence-corrected chi connectivity index (χ4v) is 2.39. The third-order valence-corrected chi connectivity index (χ3v) is 4.24. The van der Waals surface area contributed by atoms with Gasteiger partial charge in [-0.3, -0.25) is 0 Å². The molecule has 0 saturated carbocycles. The second kappa shape index (κ2) is 7.92. The summed E-state index contributed by atoms with van der Waals surface area (Å²) >= 11 is 0. The summed E-state index contributed by atoms with van der Waals surface area (Å²) in [7, 11) is 0. The smallest absolute Gasteiger partial charge is 0.158 e. The molecular weight excluding hydrogens is 264 g/mol. The average Bonchev–Trinajstić information content (AvgIpc) is 2.49. The minimum Gasteiger partial charge on any atom is -0.376 e. The molecule has 2 rings (SSSR count). The third-order valence-electron chi connectivity index (χ3n) is 4.24. The molecule has 2 atom stereocenters. The van der Waals surface area contributed by atoms with E-state index in [9.17, 15) is 0 Å². The van der Waals surface area contributed by atoms with Crippen molar-refractivity contribution in [3.8, 4) is 0 Å². The molecule has 1 aliphatic heterocycles. The number of hydrogen-bond acceptors (Lipinski definition) is 3. The van der Waals surface area contributed by atoms with Crippen molar-refractivity contribution in [1.82, 2.24) is 0 Å². The summed E-state index contributed by atoms with van der Waals surface area (Å²) < 4.78 is 17.7. The van der Waals surface area contributed by atoms with Crippen LogP contribution in [0.4, 0.5) is 0 Å². The zero-order valence-corrected chi connectivity index (χ0v) is 13.5. The van der Waals surface area contributed by atoms with Crippen LogP contribution in [0.15, 0.2) is 30.3 Å². The molecule has 118 valence electrons. The summed E-state index contributed by atoms with van der Waals surface area (Å²) in [5, 5.41) is 0. The highest BCUT2D eigenvalue weighted by atomic mass is 16.7. The van der Waals surface area contributed by atoms with E-state index in [4.69, 9.17) is 14.2 Å². The van der Waals surface area contributed by atoms with Crippen LogP contribution < -0.4 is 0 Å². The Morgan fingerprint density at radius 3 is 2.67 bits per heavy atom. The first kappa shape index (κ1) is 16.5. The van der Waals surface area contributed by atoms with E-state index in [-0.39, 0.29) is 11.9 Å². The van der Waals surface area contributed by atoms with Crippen LogP contribution in [0.2, 0.25) is 0 Å². The molecule has 1 saturated heterocycles. The Morgan fingerprint density at radius 2 is 2.00 bits per heavy atom. The summed E-state index contributed by atoms with van der Waals surface area (Å²) in [4.78, 5) is 0. The van der Waals surface area contributed by atoms with Gasteiger partial charge in [0.25, 0.3) is 0 Å². The molecule has 1 aromatic carbocycles. The molecule has 21 heavy (non-hydrogen) atoms.